The molecule has 1 fully saturated rings. The molecule has 130 valence electrons. The van der Waals surface area contributed by atoms with Gasteiger partial charge in [-0.25, -0.2) is 0 Å². The number of nitrogens with zero attached hydrogens (tertiary/aromatic N) is 2. The lowest BCUT2D eigenvalue weighted by atomic mass is 10.1. The highest BCUT2D eigenvalue weighted by atomic mass is 32.2. The average Bonchev–Trinajstić information content (AvgIpc) is 3.03. The van der Waals surface area contributed by atoms with Crippen molar-refractivity contribution < 1.29 is 4.79 Å². The number of carbonyl (C=O) groups excluding carboxylic acids is 1. The lowest BCUT2D eigenvalue weighted by molar-refractivity contribution is -0.121. The van der Waals surface area contributed by atoms with Gasteiger partial charge in [0, 0.05) is 23.6 Å². The van der Waals surface area contributed by atoms with E-state index < -0.39 is 0 Å². The van der Waals surface area contributed by atoms with Gasteiger partial charge in [-0.3, -0.25) is 9.69 Å². The zero-order valence-electron chi connectivity index (χ0n) is 15.0. The molecule has 3 nitrogen and oxygen atoms in total. The van der Waals surface area contributed by atoms with Gasteiger partial charge in [0.05, 0.1) is 4.91 Å². The van der Waals surface area contributed by atoms with E-state index in [4.69, 9.17) is 12.2 Å². The molecule has 2 heterocycles. The number of aromatic nitrogens is 1. The van der Waals surface area contributed by atoms with Gasteiger partial charge < -0.3 is 4.57 Å². The zero-order chi connectivity index (χ0) is 18.1. The van der Waals surface area contributed by atoms with Crippen LogP contribution in [-0.4, -0.2) is 26.2 Å². The van der Waals surface area contributed by atoms with Crippen LogP contribution in [0.3, 0.4) is 0 Å². The SMILES string of the molecule is CCc1ccc(-n2c(C)cc(C=C3SC(=S)N(CC)C3=O)c2C)cc1. The lowest BCUT2D eigenvalue weighted by Crippen LogP contribution is -2.27. The predicted molar refractivity (Wildman–Crippen MR) is 110 cm³/mol. The van der Waals surface area contributed by atoms with E-state index in [1.807, 2.05) is 13.0 Å². The summed E-state index contributed by atoms with van der Waals surface area (Å²) in [4.78, 5) is 14.8. The molecule has 1 amide bonds. The molecular formula is C20H22N2OS2. The normalized spacial score (nSPS) is 16.3. The number of thiocarbonyl (C=S) groups is 1. The molecule has 0 bridgehead atoms. The predicted octanol–water partition coefficient (Wildman–Crippen LogP) is 4.88. The first-order chi connectivity index (χ1) is 12.0. The van der Waals surface area contributed by atoms with Crippen LogP contribution in [0.4, 0.5) is 0 Å². The molecule has 0 spiro atoms. The smallest absolute Gasteiger partial charge is 0.266 e. The van der Waals surface area contributed by atoms with Crippen LogP contribution in [0.15, 0.2) is 35.2 Å². The third kappa shape index (κ3) is 3.31. The molecule has 0 N–H and O–H groups in total. The van der Waals surface area contributed by atoms with E-state index in [0.717, 1.165) is 29.1 Å². The van der Waals surface area contributed by atoms with Gasteiger partial charge >= 0.3 is 0 Å². The highest BCUT2D eigenvalue weighted by molar-refractivity contribution is 8.26. The molecule has 1 aromatic heterocycles. The quantitative estimate of drug-likeness (QED) is 0.567. The number of rotatable bonds is 4. The van der Waals surface area contributed by atoms with Crippen molar-refractivity contribution >= 4 is 40.3 Å². The summed E-state index contributed by atoms with van der Waals surface area (Å²) >= 11 is 6.68. The second kappa shape index (κ2) is 7.18. The fraction of sp³-hybridized carbons (Fsp3) is 0.300. The number of likely N-dealkylation sites (N-methyl/N-ethyl adjacent to an activating group) is 1. The van der Waals surface area contributed by atoms with Crippen LogP contribution in [0.5, 0.6) is 0 Å². The van der Waals surface area contributed by atoms with Gasteiger partial charge in [0.25, 0.3) is 5.91 Å². The molecule has 25 heavy (non-hydrogen) atoms. The molecule has 1 saturated heterocycles. The first kappa shape index (κ1) is 18.0. The van der Waals surface area contributed by atoms with Crippen LogP contribution in [0, 0.1) is 13.8 Å². The number of carbonyl (C=O) groups is 1. The molecule has 0 saturated carbocycles. The Balaban J connectivity index is 1.99. The molecule has 1 aliphatic rings. The van der Waals surface area contributed by atoms with E-state index in [9.17, 15) is 4.79 Å². The molecule has 3 rings (SSSR count). The van der Waals surface area contributed by atoms with Gasteiger partial charge in [0.2, 0.25) is 0 Å². The van der Waals surface area contributed by atoms with Crippen molar-refractivity contribution in [2.45, 2.75) is 34.1 Å². The second-order valence-electron chi connectivity index (χ2n) is 6.11. The van der Waals surface area contributed by atoms with E-state index in [2.05, 4.69) is 55.7 Å². The maximum atomic E-state index is 12.4. The van der Waals surface area contributed by atoms with Crippen molar-refractivity contribution in [3.63, 3.8) is 0 Å². The van der Waals surface area contributed by atoms with Gasteiger partial charge in [0.15, 0.2) is 0 Å². The van der Waals surface area contributed by atoms with Crippen molar-refractivity contribution in [1.29, 1.82) is 0 Å². The maximum Gasteiger partial charge on any atom is 0.266 e. The number of aryl methyl sites for hydroxylation is 2. The van der Waals surface area contributed by atoms with E-state index in [0.29, 0.717) is 15.8 Å². The number of benzene rings is 1. The molecule has 5 heteroatoms. The van der Waals surface area contributed by atoms with E-state index in [-0.39, 0.29) is 5.91 Å². The molecule has 1 aromatic carbocycles. The lowest BCUT2D eigenvalue weighted by Gasteiger charge is -2.10. The minimum atomic E-state index is 0.00889. The Labute approximate surface area is 158 Å². The minimum absolute atomic E-state index is 0.00889. The van der Waals surface area contributed by atoms with Crippen molar-refractivity contribution in [1.82, 2.24) is 9.47 Å². The van der Waals surface area contributed by atoms with Crippen LogP contribution in [-0.2, 0) is 11.2 Å². The highest BCUT2D eigenvalue weighted by Crippen LogP contribution is 2.33. The average molecular weight is 371 g/mol. The second-order valence-corrected chi connectivity index (χ2v) is 7.78. The van der Waals surface area contributed by atoms with Gasteiger partial charge in [0.1, 0.15) is 4.32 Å². The largest absolute Gasteiger partial charge is 0.318 e. The Hall–Kier alpha value is -1.85. The zero-order valence-corrected chi connectivity index (χ0v) is 16.6. The Kier molecular flexibility index (Phi) is 5.16. The summed E-state index contributed by atoms with van der Waals surface area (Å²) in [6, 6.07) is 10.8. The molecule has 0 aliphatic carbocycles. The van der Waals surface area contributed by atoms with E-state index in [1.54, 1.807) is 4.90 Å². The van der Waals surface area contributed by atoms with Crippen molar-refractivity contribution in [2.75, 3.05) is 6.54 Å². The molecule has 1 aliphatic heterocycles. The Morgan fingerprint density at radius 3 is 2.40 bits per heavy atom. The summed E-state index contributed by atoms with van der Waals surface area (Å²) in [5.41, 5.74) is 5.82. The van der Waals surface area contributed by atoms with Gasteiger partial charge in [-0.2, -0.15) is 0 Å². The summed E-state index contributed by atoms with van der Waals surface area (Å²) in [7, 11) is 0. The summed E-state index contributed by atoms with van der Waals surface area (Å²) in [6.07, 6.45) is 3.00. The van der Waals surface area contributed by atoms with Crippen LogP contribution < -0.4 is 0 Å². The number of amides is 1. The third-order valence-corrected chi connectivity index (χ3v) is 5.93. The van der Waals surface area contributed by atoms with Crippen molar-refractivity contribution in [3.8, 4) is 5.69 Å². The molecule has 0 unspecified atom stereocenters. The third-order valence-electron chi connectivity index (χ3n) is 4.55. The van der Waals surface area contributed by atoms with Crippen LogP contribution in [0.2, 0.25) is 0 Å². The fourth-order valence-electron chi connectivity index (χ4n) is 3.13. The number of thioether (sulfide) groups is 1. The summed E-state index contributed by atoms with van der Waals surface area (Å²) in [5, 5.41) is 0. The molecule has 2 aromatic rings. The maximum absolute atomic E-state index is 12.4. The summed E-state index contributed by atoms with van der Waals surface area (Å²) in [6.45, 7) is 8.90. The van der Waals surface area contributed by atoms with Crippen LogP contribution in [0.1, 0.15) is 36.4 Å². The van der Waals surface area contributed by atoms with Gasteiger partial charge in [-0.05, 0) is 62.6 Å². The van der Waals surface area contributed by atoms with Crippen molar-refractivity contribution in [3.05, 3.63) is 57.8 Å². The summed E-state index contributed by atoms with van der Waals surface area (Å²) in [5.74, 6) is 0.00889. The van der Waals surface area contributed by atoms with E-state index >= 15 is 0 Å². The highest BCUT2D eigenvalue weighted by Gasteiger charge is 2.30. The van der Waals surface area contributed by atoms with Crippen LogP contribution in [0.25, 0.3) is 11.8 Å². The van der Waals surface area contributed by atoms with E-state index in [1.165, 1.54) is 17.3 Å². The molecule has 0 atom stereocenters. The molecular weight excluding hydrogens is 348 g/mol. The standard InChI is InChI=1S/C20H22N2OS2/c1-5-15-7-9-17(10-8-15)22-13(3)11-16(14(22)4)12-18-19(23)21(6-2)20(24)25-18/h7-12H,5-6H2,1-4H3. The van der Waals surface area contributed by atoms with Gasteiger partial charge in [-0.15, -0.1) is 0 Å². The monoisotopic (exact) mass is 370 g/mol. The Bertz CT molecular complexity index is 863. The summed E-state index contributed by atoms with van der Waals surface area (Å²) < 4.78 is 2.87. The van der Waals surface area contributed by atoms with Gasteiger partial charge in [-0.1, -0.05) is 43.0 Å². The first-order valence-electron chi connectivity index (χ1n) is 8.49. The van der Waals surface area contributed by atoms with Crippen molar-refractivity contribution in [2.24, 2.45) is 0 Å². The van der Waals surface area contributed by atoms with Crippen LogP contribution >= 0.6 is 24.0 Å². The number of hydrogen-bond donors (Lipinski definition) is 0. The fourth-order valence-corrected chi connectivity index (χ4v) is 4.50. The first-order valence-corrected chi connectivity index (χ1v) is 9.72. The minimum Gasteiger partial charge on any atom is -0.318 e. The Morgan fingerprint density at radius 1 is 1.16 bits per heavy atom. The topological polar surface area (TPSA) is 25.2 Å². The number of hydrogen-bond acceptors (Lipinski definition) is 3. The molecule has 0 radical (unpaired) electrons. The Morgan fingerprint density at radius 2 is 1.84 bits per heavy atom.